The number of hydrogen-bond donors (Lipinski definition) is 0. The molecular formula is C27H26N2O5S. The Hall–Kier alpha value is -3.65. The number of fused-ring (bicyclic) bond motifs is 1. The fourth-order valence-electron chi connectivity index (χ4n) is 4.23. The van der Waals surface area contributed by atoms with Crippen LogP contribution in [0.1, 0.15) is 22.5 Å². The molecule has 0 radical (unpaired) electrons. The van der Waals surface area contributed by atoms with Gasteiger partial charge in [0.1, 0.15) is 25.6 Å². The Kier molecular flexibility index (Phi) is 6.30. The Balaban J connectivity index is 1.32. The second-order valence-corrected chi connectivity index (χ2v) is 9.48. The summed E-state index contributed by atoms with van der Waals surface area (Å²) in [5, 5.41) is -0.283. The van der Waals surface area contributed by atoms with Crippen molar-refractivity contribution in [3.05, 3.63) is 76.0 Å². The van der Waals surface area contributed by atoms with Gasteiger partial charge in [-0.05, 0) is 74.5 Å². The lowest BCUT2D eigenvalue weighted by Gasteiger charge is -2.20. The number of ether oxygens (including phenoxy) is 3. The van der Waals surface area contributed by atoms with Crippen LogP contribution >= 0.6 is 11.8 Å². The fraction of sp³-hybridized carbons (Fsp3) is 0.259. The van der Waals surface area contributed by atoms with E-state index < -0.39 is 0 Å². The lowest BCUT2D eigenvalue weighted by atomic mass is 10.2. The van der Waals surface area contributed by atoms with Crippen molar-refractivity contribution in [2.24, 2.45) is 0 Å². The maximum absolute atomic E-state index is 13.0. The number of benzene rings is 2. The quantitative estimate of drug-likeness (QED) is 0.438. The summed E-state index contributed by atoms with van der Waals surface area (Å²) in [5.41, 5.74) is 4.95. The zero-order valence-corrected chi connectivity index (χ0v) is 20.7. The van der Waals surface area contributed by atoms with E-state index in [0.29, 0.717) is 23.9 Å². The molecule has 0 atom stereocenters. The van der Waals surface area contributed by atoms with Crippen LogP contribution in [-0.4, -0.2) is 47.0 Å². The highest BCUT2D eigenvalue weighted by molar-refractivity contribution is 8.18. The van der Waals surface area contributed by atoms with Gasteiger partial charge in [-0.25, -0.2) is 0 Å². The van der Waals surface area contributed by atoms with Crippen LogP contribution in [0.5, 0.6) is 17.2 Å². The molecule has 2 aromatic carbocycles. The Morgan fingerprint density at radius 2 is 1.71 bits per heavy atom. The van der Waals surface area contributed by atoms with Crippen molar-refractivity contribution in [2.75, 3.05) is 26.4 Å². The SMILES string of the molecule is Cc1ccc(OCCN2C(=O)S/C(=C\c3cc(C)n(-c4ccc5c(c4)OCCO5)c3C)C2=O)cc1. The maximum atomic E-state index is 13.0. The molecule has 35 heavy (non-hydrogen) atoms. The predicted octanol–water partition coefficient (Wildman–Crippen LogP) is 5.29. The number of imide groups is 1. The molecule has 1 aromatic heterocycles. The smallest absolute Gasteiger partial charge is 0.293 e. The van der Waals surface area contributed by atoms with Gasteiger partial charge in [-0.1, -0.05) is 17.7 Å². The Labute approximate surface area is 208 Å². The average Bonchev–Trinajstić information content (AvgIpc) is 3.28. The minimum absolute atomic E-state index is 0.200. The van der Waals surface area contributed by atoms with E-state index in [0.717, 1.165) is 51.5 Å². The molecule has 8 heteroatoms. The summed E-state index contributed by atoms with van der Waals surface area (Å²) < 4.78 is 19.2. The first-order chi connectivity index (χ1) is 16.9. The van der Waals surface area contributed by atoms with Crippen molar-refractivity contribution in [1.82, 2.24) is 9.47 Å². The van der Waals surface area contributed by atoms with Crippen LogP contribution in [0.25, 0.3) is 11.8 Å². The van der Waals surface area contributed by atoms with E-state index in [1.54, 1.807) is 6.08 Å². The standard InChI is InChI=1S/C27H26N2O5S/c1-17-4-7-22(8-5-17)32-11-10-28-26(30)25(35-27(28)31)15-20-14-18(2)29(19(20)3)21-6-9-23-24(16-21)34-13-12-33-23/h4-9,14-16H,10-13H2,1-3H3/b25-15-. The molecule has 0 unspecified atom stereocenters. The minimum Gasteiger partial charge on any atom is -0.492 e. The van der Waals surface area contributed by atoms with Gasteiger partial charge < -0.3 is 18.8 Å². The summed E-state index contributed by atoms with van der Waals surface area (Å²) in [6.07, 6.45) is 1.79. The van der Waals surface area contributed by atoms with Crippen molar-refractivity contribution < 1.29 is 23.8 Å². The normalized spacial score (nSPS) is 16.3. The molecule has 2 aliphatic heterocycles. The van der Waals surface area contributed by atoms with Gasteiger partial charge in [0.2, 0.25) is 0 Å². The third kappa shape index (κ3) is 4.66. The van der Waals surface area contributed by atoms with Crippen LogP contribution in [0.4, 0.5) is 4.79 Å². The number of amides is 2. The molecule has 1 saturated heterocycles. The maximum Gasteiger partial charge on any atom is 0.293 e. The Morgan fingerprint density at radius 1 is 0.971 bits per heavy atom. The van der Waals surface area contributed by atoms with Gasteiger partial charge in [-0.2, -0.15) is 0 Å². The van der Waals surface area contributed by atoms with Gasteiger partial charge in [0.15, 0.2) is 11.5 Å². The highest BCUT2D eigenvalue weighted by Gasteiger charge is 2.35. The minimum atomic E-state index is -0.295. The lowest BCUT2D eigenvalue weighted by molar-refractivity contribution is -0.123. The number of thioether (sulfide) groups is 1. The zero-order chi connectivity index (χ0) is 24.5. The first-order valence-electron chi connectivity index (χ1n) is 11.4. The van der Waals surface area contributed by atoms with E-state index in [2.05, 4.69) is 4.57 Å². The number of carbonyl (C=O) groups is 2. The molecule has 2 amide bonds. The lowest BCUT2D eigenvalue weighted by Crippen LogP contribution is -2.32. The van der Waals surface area contributed by atoms with Gasteiger partial charge in [-0.3, -0.25) is 14.5 Å². The van der Waals surface area contributed by atoms with Crippen LogP contribution in [0, 0.1) is 20.8 Å². The molecule has 2 aliphatic rings. The average molecular weight is 491 g/mol. The van der Waals surface area contributed by atoms with Crippen LogP contribution in [0.3, 0.4) is 0 Å². The van der Waals surface area contributed by atoms with Crippen molar-refractivity contribution in [1.29, 1.82) is 0 Å². The van der Waals surface area contributed by atoms with Gasteiger partial charge in [-0.15, -0.1) is 0 Å². The monoisotopic (exact) mass is 490 g/mol. The summed E-state index contributed by atoms with van der Waals surface area (Å²) in [4.78, 5) is 27.1. The number of aryl methyl sites for hydroxylation is 2. The second kappa shape index (κ2) is 9.54. The van der Waals surface area contributed by atoms with E-state index in [1.165, 1.54) is 4.90 Å². The molecule has 0 N–H and O–H groups in total. The van der Waals surface area contributed by atoms with E-state index in [9.17, 15) is 9.59 Å². The predicted molar refractivity (Wildman–Crippen MR) is 136 cm³/mol. The van der Waals surface area contributed by atoms with Crippen molar-refractivity contribution >= 4 is 29.0 Å². The second-order valence-electron chi connectivity index (χ2n) is 8.48. The number of carbonyl (C=O) groups excluding carboxylic acids is 2. The number of hydrogen-bond acceptors (Lipinski definition) is 6. The molecular weight excluding hydrogens is 464 g/mol. The summed E-state index contributed by atoms with van der Waals surface area (Å²) in [7, 11) is 0. The van der Waals surface area contributed by atoms with Crippen LogP contribution in [0.2, 0.25) is 0 Å². The third-order valence-corrected chi connectivity index (χ3v) is 6.93. The van der Waals surface area contributed by atoms with E-state index in [-0.39, 0.29) is 24.3 Å². The van der Waals surface area contributed by atoms with Crippen molar-refractivity contribution in [3.63, 3.8) is 0 Å². The van der Waals surface area contributed by atoms with E-state index >= 15 is 0 Å². The van der Waals surface area contributed by atoms with Crippen molar-refractivity contribution in [3.8, 4) is 22.9 Å². The van der Waals surface area contributed by atoms with Gasteiger partial charge in [0.05, 0.1) is 11.4 Å². The van der Waals surface area contributed by atoms with E-state index in [4.69, 9.17) is 14.2 Å². The molecule has 3 heterocycles. The van der Waals surface area contributed by atoms with Crippen molar-refractivity contribution in [2.45, 2.75) is 20.8 Å². The number of rotatable bonds is 6. The zero-order valence-electron chi connectivity index (χ0n) is 19.9. The Bertz CT molecular complexity index is 1330. The number of nitrogens with zero attached hydrogens (tertiary/aromatic N) is 2. The molecule has 1 fully saturated rings. The molecule has 3 aromatic rings. The Morgan fingerprint density at radius 3 is 2.49 bits per heavy atom. The molecule has 7 nitrogen and oxygen atoms in total. The molecule has 0 aliphatic carbocycles. The number of aromatic nitrogens is 1. The molecule has 0 bridgehead atoms. The van der Waals surface area contributed by atoms with Crippen LogP contribution < -0.4 is 14.2 Å². The fourth-order valence-corrected chi connectivity index (χ4v) is 5.08. The highest BCUT2D eigenvalue weighted by Crippen LogP contribution is 2.36. The first kappa shape index (κ1) is 23.1. The topological polar surface area (TPSA) is 70.0 Å². The largest absolute Gasteiger partial charge is 0.492 e. The van der Waals surface area contributed by atoms with Gasteiger partial charge in [0, 0.05) is 23.1 Å². The molecule has 5 rings (SSSR count). The molecule has 0 spiro atoms. The summed E-state index contributed by atoms with van der Waals surface area (Å²) >= 11 is 0.960. The highest BCUT2D eigenvalue weighted by atomic mass is 32.2. The molecule has 0 saturated carbocycles. The molecule has 180 valence electrons. The van der Waals surface area contributed by atoms with Crippen LogP contribution in [0.15, 0.2) is 53.4 Å². The summed E-state index contributed by atoms with van der Waals surface area (Å²) in [6, 6.07) is 15.5. The van der Waals surface area contributed by atoms with Gasteiger partial charge in [0.25, 0.3) is 11.1 Å². The van der Waals surface area contributed by atoms with Crippen LogP contribution in [-0.2, 0) is 4.79 Å². The summed E-state index contributed by atoms with van der Waals surface area (Å²) in [6.45, 7) is 7.52. The van der Waals surface area contributed by atoms with E-state index in [1.807, 2.05) is 69.3 Å². The first-order valence-corrected chi connectivity index (χ1v) is 12.3. The summed E-state index contributed by atoms with van der Waals surface area (Å²) in [5.74, 6) is 1.88. The third-order valence-electron chi connectivity index (χ3n) is 6.02. The van der Waals surface area contributed by atoms with Gasteiger partial charge >= 0.3 is 0 Å².